The summed E-state index contributed by atoms with van der Waals surface area (Å²) in [4.78, 5) is 58.6. The molecule has 9 N–H and O–H groups in total. The van der Waals surface area contributed by atoms with Gasteiger partial charge in [0.1, 0.15) is 24.2 Å². The van der Waals surface area contributed by atoms with Crippen LogP contribution in [0.2, 0.25) is 0 Å². The molecule has 0 fully saturated rings. The third-order valence-electron chi connectivity index (χ3n) is 7.61. The van der Waals surface area contributed by atoms with Gasteiger partial charge in [0.15, 0.2) is 0 Å². The molecular formula is C32H40N6O6. The maximum absolute atomic E-state index is 13.8. The summed E-state index contributed by atoms with van der Waals surface area (Å²) in [5.41, 5.74) is 8.93. The summed E-state index contributed by atoms with van der Waals surface area (Å²) in [5.74, 6) is -3.26. The Bertz CT molecular complexity index is 1630. The molecule has 234 valence electrons. The average Bonchev–Trinajstić information content (AvgIpc) is 3.59. The van der Waals surface area contributed by atoms with Gasteiger partial charge in [-0.3, -0.25) is 14.4 Å². The predicted molar refractivity (Wildman–Crippen MR) is 167 cm³/mol. The second kappa shape index (κ2) is 14.2. The van der Waals surface area contributed by atoms with Crippen molar-refractivity contribution in [3.05, 3.63) is 72.1 Å². The molecule has 0 aliphatic heterocycles. The van der Waals surface area contributed by atoms with Crippen molar-refractivity contribution in [3.8, 4) is 0 Å². The van der Waals surface area contributed by atoms with Gasteiger partial charge < -0.3 is 41.9 Å². The number of nitrogens with two attached hydrogens (primary N) is 1. The lowest BCUT2D eigenvalue weighted by molar-refractivity contribution is -0.142. The first-order valence-corrected chi connectivity index (χ1v) is 14.6. The monoisotopic (exact) mass is 604 g/mol. The van der Waals surface area contributed by atoms with Crippen LogP contribution in [0.25, 0.3) is 21.8 Å². The van der Waals surface area contributed by atoms with Crippen molar-refractivity contribution >= 4 is 45.5 Å². The lowest BCUT2D eigenvalue weighted by Crippen LogP contribution is -2.58. The Morgan fingerprint density at radius 2 is 1.18 bits per heavy atom. The molecule has 44 heavy (non-hydrogen) atoms. The topological polar surface area (TPSA) is 202 Å². The van der Waals surface area contributed by atoms with E-state index in [9.17, 15) is 29.4 Å². The van der Waals surface area contributed by atoms with Crippen LogP contribution >= 0.6 is 0 Å². The smallest absolute Gasteiger partial charge is 0.326 e. The molecule has 2 aromatic heterocycles. The van der Waals surface area contributed by atoms with E-state index in [1.165, 1.54) is 6.92 Å². The zero-order valence-corrected chi connectivity index (χ0v) is 25.0. The summed E-state index contributed by atoms with van der Waals surface area (Å²) >= 11 is 0. The molecule has 5 atom stereocenters. The van der Waals surface area contributed by atoms with Gasteiger partial charge >= 0.3 is 5.97 Å². The number of para-hydroxylation sites is 2. The number of amides is 3. The van der Waals surface area contributed by atoms with Crippen molar-refractivity contribution in [2.75, 3.05) is 0 Å². The molecule has 2 heterocycles. The number of rotatable bonds is 14. The molecule has 3 amide bonds. The SMILES string of the molecule is CC(C)CC(NC(=O)C(N)C(C)O)C(=O)NC(Cc1c[nH]c2ccccc12)C(=O)NC(Cc1c[nH]c2ccccc12)C(=O)O. The number of carbonyl (C=O) groups excluding carboxylic acids is 3. The minimum atomic E-state index is -1.28. The Kier molecular flexibility index (Phi) is 10.4. The van der Waals surface area contributed by atoms with Gasteiger partial charge in [-0.25, -0.2) is 4.79 Å². The van der Waals surface area contributed by atoms with Crippen molar-refractivity contribution in [3.63, 3.8) is 0 Å². The molecule has 4 rings (SSSR count). The number of aromatic nitrogens is 2. The number of hydrogen-bond acceptors (Lipinski definition) is 6. The standard InChI is InChI=1S/C32H40N6O6/c1-17(2)12-25(37-31(42)28(33)18(3)39)29(40)36-26(13-19-15-34-23-10-6-4-8-21(19)23)30(41)38-27(32(43)44)14-20-16-35-24-11-7-5-9-22(20)24/h4-11,15-18,25-28,34-35,39H,12-14,33H2,1-3H3,(H,36,40)(H,37,42)(H,38,41)(H,43,44). The summed E-state index contributed by atoms with van der Waals surface area (Å²) < 4.78 is 0. The van der Waals surface area contributed by atoms with Crippen molar-refractivity contribution in [2.45, 2.75) is 70.3 Å². The highest BCUT2D eigenvalue weighted by atomic mass is 16.4. The van der Waals surface area contributed by atoms with Crippen LogP contribution < -0.4 is 21.7 Å². The van der Waals surface area contributed by atoms with Crippen LogP contribution in [0.4, 0.5) is 0 Å². The molecule has 2 aromatic carbocycles. The van der Waals surface area contributed by atoms with Crippen molar-refractivity contribution < 1.29 is 29.4 Å². The Morgan fingerprint density at radius 3 is 1.68 bits per heavy atom. The fraction of sp³-hybridized carbons (Fsp3) is 0.375. The van der Waals surface area contributed by atoms with Crippen LogP contribution in [0.1, 0.15) is 38.3 Å². The van der Waals surface area contributed by atoms with Gasteiger partial charge in [-0.2, -0.15) is 0 Å². The quantitative estimate of drug-likeness (QED) is 0.107. The van der Waals surface area contributed by atoms with Gasteiger partial charge in [0.25, 0.3) is 0 Å². The summed E-state index contributed by atoms with van der Waals surface area (Å²) in [6, 6.07) is 10.2. The molecule has 12 nitrogen and oxygen atoms in total. The van der Waals surface area contributed by atoms with E-state index in [4.69, 9.17) is 5.73 Å². The fourth-order valence-corrected chi connectivity index (χ4v) is 5.18. The van der Waals surface area contributed by atoms with Crippen LogP contribution in [-0.4, -0.2) is 74.1 Å². The lowest BCUT2D eigenvalue weighted by Gasteiger charge is -2.26. The third kappa shape index (κ3) is 7.82. The van der Waals surface area contributed by atoms with Crippen molar-refractivity contribution in [1.82, 2.24) is 25.9 Å². The number of fused-ring (bicyclic) bond motifs is 2. The third-order valence-corrected chi connectivity index (χ3v) is 7.61. The number of aromatic amines is 2. The Hall–Kier alpha value is -4.68. The molecule has 0 spiro atoms. The summed E-state index contributed by atoms with van der Waals surface area (Å²) in [6.45, 7) is 5.12. The molecule has 0 bridgehead atoms. The van der Waals surface area contributed by atoms with E-state index < -0.39 is 54.0 Å². The first kappa shape index (κ1) is 32.2. The zero-order valence-electron chi connectivity index (χ0n) is 25.0. The molecule has 4 aromatic rings. The number of carbonyl (C=O) groups is 4. The Labute approximate surface area is 254 Å². The van der Waals surface area contributed by atoms with Gasteiger partial charge in [-0.1, -0.05) is 50.2 Å². The van der Waals surface area contributed by atoms with Crippen LogP contribution in [-0.2, 0) is 32.0 Å². The number of benzene rings is 2. The summed E-state index contributed by atoms with van der Waals surface area (Å²) in [7, 11) is 0. The van der Waals surface area contributed by atoms with Gasteiger partial charge in [0, 0.05) is 47.0 Å². The number of nitrogens with one attached hydrogen (secondary N) is 5. The molecule has 0 radical (unpaired) electrons. The van der Waals surface area contributed by atoms with Gasteiger partial charge in [-0.15, -0.1) is 0 Å². The van der Waals surface area contributed by atoms with Crippen LogP contribution in [0, 0.1) is 5.92 Å². The largest absolute Gasteiger partial charge is 0.480 e. The van der Waals surface area contributed by atoms with Crippen LogP contribution in [0.5, 0.6) is 0 Å². The van der Waals surface area contributed by atoms with Gasteiger partial charge in [0.05, 0.1) is 6.10 Å². The van der Waals surface area contributed by atoms with Crippen molar-refractivity contribution in [2.24, 2.45) is 11.7 Å². The molecule has 0 aliphatic rings. The first-order chi connectivity index (χ1) is 20.9. The van der Waals surface area contributed by atoms with Gasteiger partial charge in [0.2, 0.25) is 17.7 Å². The predicted octanol–water partition coefficient (Wildman–Crippen LogP) is 1.73. The molecular weight excluding hydrogens is 564 g/mol. The van der Waals surface area contributed by atoms with Gasteiger partial charge in [-0.05, 0) is 42.5 Å². The normalized spacial score (nSPS) is 15.0. The van der Waals surface area contributed by atoms with E-state index in [0.29, 0.717) is 0 Å². The van der Waals surface area contributed by atoms with Crippen LogP contribution in [0.15, 0.2) is 60.9 Å². The molecule has 0 saturated heterocycles. The first-order valence-electron chi connectivity index (χ1n) is 14.6. The molecule has 0 saturated carbocycles. The highest BCUT2D eigenvalue weighted by molar-refractivity contribution is 5.95. The summed E-state index contributed by atoms with van der Waals surface area (Å²) in [5, 5.41) is 29.5. The van der Waals surface area contributed by atoms with E-state index in [1.807, 2.05) is 62.4 Å². The number of aliphatic hydroxyl groups is 1. The Balaban J connectivity index is 1.59. The number of carboxylic acids is 1. The molecule has 12 heteroatoms. The Morgan fingerprint density at radius 1 is 0.727 bits per heavy atom. The van der Waals surface area contributed by atoms with E-state index in [1.54, 1.807) is 12.4 Å². The van der Waals surface area contributed by atoms with E-state index in [2.05, 4.69) is 25.9 Å². The molecule has 0 aliphatic carbocycles. The second-order valence-corrected chi connectivity index (χ2v) is 11.5. The number of hydrogen-bond donors (Lipinski definition) is 8. The van der Waals surface area contributed by atoms with E-state index in [-0.39, 0.29) is 25.2 Å². The second-order valence-electron chi connectivity index (χ2n) is 11.5. The summed E-state index contributed by atoms with van der Waals surface area (Å²) in [6.07, 6.45) is 2.63. The lowest BCUT2D eigenvalue weighted by atomic mass is 9.99. The fourth-order valence-electron chi connectivity index (χ4n) is 5.18. The minimum absolute atomic E-state index is 0.0118. The highest BCUT2D eigenvalue weighted by Gasteiger charge is 2.32. The average molecular weight is 605 g/mol. The van der Waals surface area contributed by atoms with Crippen molar-refractivity contribution in [1.29, 1.82) is 0 Å². The molecule has 5 unspecified atom stereocenters. The highest BCUT2D eigenvalue weighted by Crippen LogP contribution is 2.21. The zero-order chi connectivity index (χ0) is 32.0. The minimum Gasteiger partial charge on any atom is -0.480 e. The number of H-pyrrole nitrogens is 2. The van der Waals surface area contributed by atoms with E-state index >= 15 is 0 Å². The number of aliphatic carboxylic acids is 1. The number of carboxylic acid groups (broad SMARTS) is 1. The maximum Gasteiger partial charge on any atom is 0.326 e. The maximum atomic E-state index is 13.8. The van der Waals surface area contributed by atoms with E-state index in [0.717, 1.165) is 32.9 Å². The van der Waals surface area contributed by atoms with Crippen LogP contribution in [0.3, 0.4) is 0 Å². The number of aliphatic hydroxyl groups excluding tert-OH is 1.